The van der Waals surface area contributed by atoms with Crippen molar-refractivity contribution in [1.82, 2.24) is 25.3 Å². The summed E-state index contributed by atoms with van der Waals surface area (Å²) in [5, 5.41) is 6.63. The number of carbonyl (C=O) groups is 1. The molecule has 0 spiro atoms. The van der Waals surface area contributed by atoms with Crippen molar-refractivity contribution in [3.8, 4) is 0 Å². The van der Waals surface area contributed by atoms with Crippen LogP contribution in [0.2, 0.25) is 0 Å². The Morgan fingerprint density at radius 3 is 2.62 bits per heavy atom. The number of piperazine rings is 1. The van der Waals surface area contributed by atoms with E-state index in [1.807, 2.05) is 12.1 Å². The van der Waals surface area contributed by atoms with Gasteiger partial charge in [0.1, 0.15) is 5.76 Å². The SMILES string of the molecule is O=C(CN1CCN(C(=NCCCN2CCOCC2)NCCc2ccco2)CC1)NC1CC1. The summed E-state index contributed by atoms with van der Waals surface area (Å²) in [7, 11) is 0. The predicted molar refractivity (Wildman–Crippen MR) is 124 cm³/mol. The van der Waals surface area contributed by atoms with E-state index in [4.69, 9.17) is 14.1 Å². The van der Waals surface area contributed by atoms with E-state index in [1.54, 1.807) is 6.26 Å². The molecule has 1 aromatic rings. The number of aliphatic imine (C=N–C) groups is 1. The third-order valence-electron chi connectivity index (χ3n) is 6.21. The molecule has 2 saturated heterocycles. The number of nitrogens with one attached hydrogen (secondary N) is 2. The maximum absolute atomic E-state index is 12.1. The van der Waals surface area contributed by atoms with E-state index in [9.17, 15) is 4.79 Å². The lowest BCUT2D eigenvalue weighted by molar-refractivity contribution is -0.122. The lowest BCUT2D eigenvalue weighted by atomic mass is 10.3. The fourth-order valence-electron chi connectivity index (χ4n) is 4.15. The van der Waals surface area contributed by atoms with Crippen molar-refractivity contribution >= 4 is 11.9 Å². The first-order valence-electron chi connectivity index (χ1n) is 12.1. The fourth-order valence-corrected chi connectivity index (χ4v) is 4.15. The minimum Gasteiger partial charge on any atom is -0.469 e. The molecule has 0 unspecified atom stereocenters. The lowest BCUT2D eigenvalue weighted by Gasteiger charge is -2.36. The highest BCUT2D eigenvalue weighted by molar-refractivity contribution is 5.80. The largest absolute Gasteiger partial charge is 0.469 e. The van der Waals surface area contributed by atoms with Gasteiger partial charge < -0.3 is 24.7 Å². The summed E-state index contributed by atoms with van der Waals surface area (Å²) in [6.45, 7) is 10.4. The average molecular weight is 447 g/mol. The topological polar surface area (TPSA) is 85.6 Å². The Hall–Kier alpha value is -2.10. The molecule has 2 N–H and O–H groups in total. The molecule has 9 nitrogen and oxygen atoms in total. The number of furan rings is 1. The van der Waals surface area contributed by atoms with Crippen molar-refractivity contribution < 1.29 is 13.9 Å². The molecule has 0 atom stereocenters. The van der Waals surface area contributed by atoms with Gasteiger partial charge in [0.15, 0.2) is 5.96 Å². The van der Waals surface area contributed by atoms with E-state index < -0.39 is 0 Å². The van der Waals surface area contributed by atoms with Gasteiger partial charge in [-0.25, -0.2) is 0 Å². The molecule has 32 heavy (non-hydrogen) atoms. The molecule has 2 aliphatic heterocycles. The third kappa shape index (κ3) is 7.79. The summed E-state index contributed by atoms with van der Waals surface area (Å²) >= 11 is 0. The van der Waals surface area contributed by atoms with E-state index in [-0.39, 0.29) is 5.91 Å². The molecule has 1 aliphatic carbocycles. The molecule has 0 bridgehead atoms. The monoisotopic (exact) mass is 446 g/mol. The molecule has 0 aromatic carbocycles. The second kappa shape index (κ2) is 12.2. The minimum atomic E-state index is 0.162. The highest BCUT2D eigenvalue weighted by atomic mass is 16.5. The van der Waals surface area contributed by atoms with Gasteiger partial charge in [0.2, 0.25) is 5.91 Å². The highest BCUT2D eigenvalue weighted by Gasteiger charge is 2.26. The second-order valence-corrected chi connectivity index (χ2v) is 8.87. The van der Waals surface area contributed by atoms with Gasteiger partial charge in [0, 0.05) is 71.4 Å². The van der Waals surface area contributed by atoms with Crippen LogP contribution in [0.5, 0.6) is 0 Å². The van der Waals surface area contributed by atoms with E-state index in [2.05, 4.69) is 25.3 Å². The number of ether oxygens (including phenoxy) is 1. The quantitative estimate of drug-likeness (QED) is 0.305. The van der Waals surface area contributed by atoms with E-state index in [0.717, 1.165) is 110 Å². The normalized spacial score (nSPS) is 21.0. The molecule has 3 aliphatic rings. The Morgan fingerprint density at radius 1 is 1.09 bits per heavy atom. The van der Waals surface area contributed by atoms with E-state index in [0.29, 0.717) is 12.6 Å². The number of guanidine groups is 1. The Morgan fingerprint density at radius 2 is 1.91 bits per heavy atom. The minimum absolute atomic E-state index is 0.162. The molecule has 178 valence electrons. The molecule has 4 rings (SSSR count). The Bertz CT molecular complexity index is 707. The van der Waals surface area contributed by atoms with Gasteiger partial charge in [-0.05, 0) is 31.4 Å². The van der Waals surface area contributed by atoms with Crippen LogP contribution < -0.4 is 10.6 Å². The predicted octanol–water partition coefficient (Wildman–Crippen LogP) is 0.386. The van der Waals surface area contributed by atoms with Crippen LogP contribution in [0.4, 0.5) is 0 Å². The molecule has 0 radical (unpaired) electrons. The van der Waals surface area contributed by atoms with Crippen molar-refractivity contribution in [2.24, 2.45) is 4.99 Å². The molecular weight excluding hydrogens is 408 g/mol. The van der Waals surface area contributed by atoms with Crippen LogP contribution in [0.1, 0.15) is 25.0 Å². The average Bonchev–Trinajstić information content (AvgIpc) is 3.47. The van der Waals surface area contributed by atoms with Gasteiger partial charge in [-0.3, -0.25) is 19.6 Å². The van der Waals surface area contributed by atoms with Gasteiger partial charge in [-0.15, -0.1) is 0 Å². The number of hydrogen-bond acceptors (Lipinski definition) is 6. The number of rotatable bonds is 10. The maximum atomic E-state index is 12.1. The van der Waals surface area contributed by atoms with Crippen LogP contribution in [0.15, 0.2) is 27.8 Å². The van der Waals surface area contributed by atoms with E-state index >= 15 is 0 Å². The first kappa shape index (κ1) is 23.1. The molecular formula is C23H38N6O3. The Balaban J connectivity index is 1.23. The number of amides is 1. The van der Waals surface area contributed by atoms with Crippen molar-refractivity contribution in [2.45, 2.75) is 31.7 Å². The Labute approximate surface area is 191 Å². The molecule has 9 heteroatoms. The third-order valence-corrected chi connectivity index (χ3v) is 6.21. The van der Waals surface area contributed by atoms with Crippen molar-refractivity contribution in [1.29, 1.82) is 0 Å². The van der Waals surface area contributed by atoms with Crippen LogP contribution >= 0.6 is 0 Å². The van der Waals surface area contributed by atoms with Gasteiger partial charge >= 0.3 is 0 Å². The summed E-state index contributed by atoms with van der Waals surface area (Å²) in [6.07, 6.45) is 5.86. The van der Waals surface area contributed by atoms with Crippen LogP contribution in [0, 0.1) is 0 Å². The van der Waals surface area contributed by atoms with Crippen LogP contribution in [-0.2, 0) is 16.0 Å². The molecule has 3 fully saturated rings. The number of morpholine rings is 1. The summed E-state index contributed by atoms with van der Waals surface area (Å²) < 4.78 is 10.9. The zero-order chi connectivity index (χ0) is 22.0. The summed E-state index contributed by atoms with van der Waals surface area (Å²) in [4.78, 5) is 24.1. The van der Waals surface area contributed by atoms with Crippen LogP contribution in [-0.4, -0.2) is 111 Å². The molecule has 3 heterocycles. The van der Waals surface area contributed by atoms with Gasteiger partial charge in [0.05, 0.1) is 26.0 Å². The standard InChI is InChI=1S/C23H38N6O3/c30-22(26-20-4-5-20)19-28-10-12-29(13-11-28)23(25-8-6-21-3-1-16-32-21)24-7-2-9-27-14-17-31-18-15-27/h1,3,16,20H,2,4-15,17-19H2,(H,24,25)(H,26,30). The zero-order valence-corrected chi connectivity index (χ0v) is 19.1. The Kier molecular flexibility index (Phi) is 8.81. The summed E-state index contributed by atoms with van der Waals surface area (Å²) in [6, 6.07) is 4.36. The number of hydrogen-bond donors (Lipinski definition) is 2. The first-order chi connectivity index (χ1) is 15.8. The van der Waals surface area contributed by atoms with E-state index in [1.165, 1.54) is 0 Å². The second-order valence-electron chi connectivity index (χ2n) is 8.87. The van der Waals surface area contributed by atoms with Crippen molar-refractivity contribution in [3.05, 3.63) is 24.2 Å². The molecule has 1 amide bonds. The molecule has 1 saturated carbocycles. The number of nitrogens with zero attached hydrogens (tertiary/aromatic N) is 4. The smallest absolute Gasteiger partial charge is 0.234 e. The summed E-state index contributed by atoms with van der Waals surface area (Å²) in [5.41, 5.74) is 0. The summed E-state index contributed by atoms with van der Waals surface area (Å²) in [5.74, 6) is 2.12. The van der Waals surface area contributed by atoms with Gasteiger partial charge in [0.25, 0.3) is 0 Å². The van der Waals surface area contributed by atoms with Crippen LogP contribution in [0.25, 0.3) is 0 Å². The molecule has 1 aromatic heterocycles. The van der Waals surface area contributed by atoms with Crippen molar-refractivity contribution in [3.63, 3.8) is 0 Å². The lowest BCUT2D eigenvalue weighted by Crippen LogP contribution is -2.54. The van der Waals surface area contributed by atoms with Crippen LogP contribution in [0.3, 0.4) is 0 Å². The van der Waals surface area contributed by atoms with Gasteiger partial charge in [-0.1, -0.05) is 0 Å². The first-order valence-corrected chi connectivity index (χ1v) is 12.1. The van der Waals surface area contributed by atoms with Crippen molar-refractivity contribution in [2.75, 3.05) is 78.7 Å². The highest BCUT2D eigenvalue weighted by Crippen LogP contribution is 2.18. The zero-order valence-electron chi connectivity index (χ0n) is 19.1. The maximum Gasteiger partial charge on any atom is 0.234 e. The van der Waals surface area contributed by atoms with Gasteiger partial charge in [-0.2, -0.15) is 0 Å². The number of carbonyl (C=O) groups excluding carboxylic acids is 1. The fraction of sp³-hybridized carbons (Fsp3) is 0.739.